The van der Waals surface area contributed by atoms with Gasteiger partial charge in [0.15, 0.2) is 5.12 Å². The van der Waals surface area contributed by atoms with Gasteiger partial charge in [0.25, 0.3) is 0 Å². The molecule has 5 aliphatic rings. The maximum atomic E-state index is 12.8. The predicted octanol–water partition coefficient (Wildman–Crippen LogP) is 4.44. The Labute approximate surface area is 173 Å². The Kier molecular flexibility index (Phi) is 5.18. The summed E-state index contributed by atoms with van der Waals surface area (Å²) in [6.45, 7) is 6.17. The molecule has 5 fully saturated rings. The van der Waals surface area contributed by atoms with E-state index in [0.717, 1.165) is 50.7 Å². The lowest BCUT2D eigenvalue weighted by Crippen LogP contribution is -2.67. The van der Waals surface area contributed by atoms with E-state index in [0.29, 0.717) is 17.8 Å². The third-order valence-corrected chi connectivity index (χ3v) is 10.6. The molecule has 28 heavy (non-hydrogen) atoms. The Morgan fingerprint density at radius 1 is 1.11 bits per heavy atom. The van der Waals surface area contributed by atoms with Gasteiger partial charge in [0, 0.05) is 12.7 Å². The van der Waals surface area contributed by atoms with Crippen molar-refractivity contribution < 1.29 is 19.4 Å². The van der Waals surface area contributed by atoms with E-state index >= 15 is 0 Å². The summed E-state index contributed by atoms with van der Waals surface area (Å²) in [5, 5.41) is 11.7. The van der Waals surface area contributed by atoms with Crippen LogP contribution in [0.15, 0.2) is 0 Å². The van der Waals surface area contributed by atoms with Crippen LogP contribution < -0.4 is 0 Å². The molecular weight excluding hydrogens is 372 g/mol. The first-order valence-electron chi connectivity index (χ1n) is 11.1. The van der Waals surface area contributed by atoms with Crippen molar-refractivity contribution in [1.29, 1.82) is 0 Å². The summed E-state index contributed by atoms with van der Waals surface area (Å²) in [6.07, 6.45) is 8.31. The molecule has 158 valence electrons. The quantitative estimate of drug-likeness (QED) is 0.700. The van der Waals surface area contributed by atoms with Gasteiger partial charge in [-0.25, -0.2) is 0 Å². The largest absolute Gasteiger partial charge is 0.469 e. The number of thioether (sulfide) groups is 1. The van der Waals surface area contributed by atoms with Crippen LogP contribution in [0.4, 0.5) is 0 Å². The standard InChI is InChI=1S/C23H36O4S/c1-14(24)28-13-16-15-6-10-23(19(16)25)11-7-17-21(2,18(23)12-15)8-5-9-22(17,3)20(26)27-4/h15-19,25H,5-13H2,1-4H3/t15-,16+,17+,18+,19-,21-,22-,23+/m1/s1. The van der Waals surface area contributed by atoms with E-state index in [1.807, 2.05) is 0 Å². The number of ether oxygens (including phenoxy) is 1. The SMILES string of the molecule is COC(=O)[C@]1(C)CCC[C@@]2(C)[C@@H]3C[C@H]4CC[C@@]3(CC[C@@H]21)[C@H](O)[C@H]4CSC(C)=O. The summed E-state index contributed by atoms with van der Waals surface area (Å²) in [7, 11) is 1.52. The van der Waals surface area contributed by atoms with Gasteiger partial charge < -0.3 is 9.84 Å². The second-order valence-electron chi connectivity index (χ2n) is 10.6. The third kappa shape index (κ3) is 2.74. The van der Waals surface area contributed by atoms with Crippen LogP contribution in [0.2, 0.25) is 0 Å². The van der Waals surface area contributed by atoms with E-state index in [9.17, 15) is 14.7 Å². The van der Waals surface area contributed by atoms with Gasteiger partial charge in [-0.2, -0.15) is 0 Å². The van der Waals surface area contributed by atoms with E-state index < -0.39 is 5.41 Å². The normalized spacial score (nSPS) is 49.8. The van der Waals surface area contributed by atoms with E-state index in [1.54, 1.807) is 6.92 Å². The van der Waals surface area contributed by atoms with Crippen molar-refractivity contribution >= 4 is 22.8 Å². The molecule has 8 atom stereocenters. The third-order valence-electron chi connectivity index (χ3n) is 9.62. The van der Waals surface area contributed by atoms with E-state index in [4.69, 9.17) is 4.74 Å². The number of carbonyl (C=O) groups excluding carboxylic acids is 2. The lowest BCUT2D eigenvalue weighted by Gasteiger charge is -2.70. The molecule has 5 aliphatic carbocycles. The molecule has 0 amide bonds. The molecule has 0 radical (unpaired) electrons. The monoisotopic (exact) mass is 408 g/mol. The number of rotatable bonds is 3. The minimum atomic E-state index is -0.394. The summed E-state index contributed by atoms with van der Waals surface area (Å²) in [4.78, 5) is 24.3. The highest BCUT2D eigenvalue weighted by atomic mass is 32.2. The highest BCUT2D eigenvalue weighted by Gasteiger charge is 2.68. The highest BCUT2D eigenvalue weighted by molar-refractivity contribution is 8.13. The summed E-state index contributed by atoms with van der Waals surface area (Å²) >= 11 is 1.39. The zero-order valence-corrected chi connectivity index (χ0v) is 18.6. The van der Waals surface area contributed by atoms with Crippen LogP contribution in [0, 0.1) is 39.9 Å². The zero-order valence-electron chi connectivity index (χ0n) is 17.8. The molecule has 0 saturated heterocycles. The fourth-order valence-corrected chi connectivity index (χ4v) is 9.27. The van der Waals surface area contributed by atoms with Gasteiger partial charge >= 0.3 is 5.97 Å². The molecular formula is C23H36O4S. The first kappa shape index (κ1) is 20.7. The van der Waals surface area contributed by atoms with Crippen molar-refractivity contribution in [3.8, 4) is 0 Å². The summed E-state index contributed by atoms with van der Waals surface area (Å²) in [5.41, 5.74) is -0.316. The minimum Gasteiger partial charge on any atom is -0.469 e. The lowest BCUT2D eigenvalue weighted by atomic mass is 9.35. The van der Waals surface area contributed by atoms with Crippen molar-refractivity contribution in [2.45, 2.75) is 78.2 Å². The predicted molar refractivity (Wildman–Crippen MR) is 111 cm³/mol. The first-order chi connectivity index (χ1) is 13.2. The van der Waals surface area contributed by atoms with E-state index in [-0.39, 0.29) is 33.9 Å². The van der Waals surface area contributed by atoms with E-state index in [2.05, 4.69) is 13.8 Å². The van der Waals surface area contributed by atoms with Crippen LogP contribution in [-0.4, -0.2) is 35.2 Å². The number of esters is 1. The van der Waals surface area contributed by atoms with Crippen LogP contribution in [0.5, 0.6) is 0 Å². The topological polar surface area (TPSA) is 63.6 Å². The average Bonchev–Trinajstić information content (AvgIpc) is 2.66. The Bertz CT molecular complexity index is 665. The molecule has 5 saturated carbocycles. The van der Waals surface area contributed by atoms with E-state index in [1.165, 1.54) is 25.3 Å². The zero-order chi connectivity index (χ0) is 20.3. The molecule has 5 heteroatoms. The van der Waals surface area contributed by atoms with Gasteiger partial charge in [0.2, 0.25) is 0 Å². The van der Waals surface area contributed by atoms with Crippen LogP contribution in [-0.2, 0) is 14.3 Å². The fourth-order valence-electron chi connectivity index (χ4n) is 8.39. The maximum Gasteiger partial charge on any atom is 0.311 e. The van der Waals surface area contributed by atoms with Gasteiger partial charge in [-0.05, 0) is 86.4 Å². The van der Waals surface area contributed by atoms with Crippen molar-refractivity contribution in [2.24, 2.45) is 39.9 Å². The second kappa shape index (κ2) is 7.01. The van der Waals surface area contributed by atoms with Crippen LogP contribution in [0.25, 0.3) is 0 Å². The molecule has 0 heterocycles. The smallest absolute Gasteiger partial charge is 0.311 e. The number of carbonyl (C=O) groups is 2. The molecule has 2 bridgehead atoms. The number of hydrogen-bond donors (Lipinski definition) is 1. The molecule has 0 aromatic rings. The summed E-state index contributed by atoms with van der Waals surface area (Å²) in [6, 6.07) is 0. The highest BCUT2D eigenvalue weighted by Crippen LogP contribution is 2.72. The minimum absolute atomic E-state index is 0.0175. The molecule has 0 aliphatic heterocycles. The van der Waals surface area contributed by atoms with Gasteiger partial charge in [0.1, 0.15) is 0 Å². The van der Waals surface area contributed by atoms with Crippen molar-refractivity contribution in [1.82, 2.24) is 0 Å². The van der Waals surface area contributed by atoms with Gasteiger partial charge in [-0.1, -0.05) is 25.1 Å². The molecule has 0 unspecified atom stereocenters. The van der Waals surface area contributed by atoms with Crippen molar-refractivity contribution in [3.63, 3.8) is 0 Å². The van der Waals surface area contributed by atoms with Crippen molar-refractivity contribution in [3.05, 3.63) is 0 Å². The Balaban J connectivity index is 1.66. The van der Waals surface area contributed by atoms with Crippen molar-refractivity contribution in [2.75, 3.05) is 12.9 Å². The Morgan fingerprint density at radius 3 is 2.50 bits per heavy atom. The second-order valence-corrected chi connectivity index (χ2v) is 11.8. The molecule has 1 N–H and O–H groups in total. The number of fused-ring (bicyclic) bond motifs is 3. The summed E-state index contributed by atoms with van der Waals surface area (Å²) < 4.78 is 5.25. The van der Waals surface area contributed by atoms with Crippen LogP contribution in [0.1, 0.15) is 72.1 Å². The first-order valence-corrected chi connectivity index (χ1v) is 12.1. The number of hydrogen-bond acceptors (Lipinski definition) is 5. The van der Waals surface area contributed by atoms with Gasteiger partial charge in [0.05, 0.1) is 18.6 Å². The Hall–Kier alpha value is -0.550. The molecule has 0 aromatic carbocycles. The summed E-state index contributed by atoms with van der Waals surface area (Å²) in [5.74, 6) is 2.29. The Morgan fingerprint density at radius 2 is 1.82 bits per heavy atom. The number of aliphatic hydroxyl groups is 1. The van der Waals surface area contributed by atoms with Gasteiger partial charge in [-0.15, -0.1) is 0 Å². The molecule has 5 rings (SSSR count). The van der Waals surface area contributed by atoms with Gasteiger partial charge in [-0.3, -0.25) is 9.59 Å². The lowest BCUT2D eigenvalue weighted by molar-refractivity contribution is -0.242. The average molecular weight is 409 g/mol. The molecule has 0 aromatic heterocycles. The molecule has 1 spiro atoms. The number of aliphatic hydroxyl groups excluding tert-OH is 1. The number of methoxy groups -OCH3 is 1. The molecule has 4 nitrogen and oxygen atoms in total. The fraction of sp³-hybridized carbons (Fsp3) is 0.913. The maximum absolute atomic E-state index is 12.8. The van der Waals surface area contributed by atoms with Crippen LogP contribution >= 0.6 is 11.8 Å². The van der Waals surface area contributed by atoms with Crippen LogP contribution in [0.3, 0.4) is 0 Å².